The van der Waals surface area contributed by atoms with Crippen molar-refractivity contribution in [2.75, 3.05) is 11.1 Å². The van der Waals surface area contributed by atoms with Crippen LogP contribution >= 0.6 is 11.3 Å². The van der Waals surface area contributed by atoms with E-state index in [1.54, 1.807) is 12.3 Å². The predicted molar refractivity (Wildman–Crippen MR) is 102 cm³/mol. The van der Waals surface area contributed by atoms with E-state index in [1.807, 2.05) is 26.0 Å². The average Bonchev–Trinajstić information content (AvgIpc) is 2.94. The fourth-order valence-electron chi connectivity index (χ4n) is 2.77. The van der Waals surface area contributed by atoms with Crippen LogP contribution in [0.5, 0.6) is 0 Å². The van der Waals surface area contributed by atoms with Crippen LogP contribution in [0.4, 0.5) is 16.6 Å². The molecular weight excluding hydrogens is 338 g/mol. The molecule has 1 aromatic carbocycles. The van der Waals surface area contributed by atoms with Crippen molar-refractivity contribution in [1.29, 1.82) is 0 Å². The van der Waals surface area contributed by atoms with Crippen LogP contribution in [0, 0.1) is 13.8 Å². The van der Waals surface area contributed by atoms with E-state index in [1.165, 1.54) is 15.9 Å². The number of aromatic amines is 1. The maximum Gasteiger partial charge on any atom is 0.329 e. The highest BCUT2D eigenvalue weighted by atomic mass is 32.1. The summed E-state index contributed by atoms with van der Waals surface area (Å²) in [5.74, 6) is 0.125. The second-order valence-corrected chi connectivity index (χ2v) is 6.66. The summed E-state index contributed by atoms with van der Waals surface area (Å²) in [6, 6.07) is 6.13. The van der Waals surface area contributed by atoms with Crippen molar-refractivity contribution in [3.63, 3.8) is 0 Å². The average molecular weight is 357 g/mol. The van der Waals surface area contributed by atoms with E-state index >= 15 is 0 Å². The van der Waals surface area contributed by atoms with Gasteiger partial charge in [0.1, 0.15) is 11.4 Å². The number of thiazole rings is 1. The monoisotopic (exact) mass is 357 g/mol. The number of aryl methyl sites for hydroxylation is 2. The van der Waals surface area contributed by atoms with Crippen LogP contribution in [-0.2, 0) is 6.54 Å². The van der Waals surface area contributed by atoms with Gasteiger partial charge in [0, 0.05) is 17.6 Å². The van der Waals surface area contributed by atoms with Gasteiger partial charge in [-0.25, -0.2) is 9.78 Å². The highest BCUT2D eigenvalue weighted by Gasteiger charge is 2.16. The molecule has 4 N–H and O–H groups in total. The van der Waals surface area contributed by atoms with Gasteiger partial charge in [0.15, 0.2) is 5.13 Å². The SMILES string of the molecule is CCn1c(N)c(-c2csc(Nc3cc(C)cc(C)c3)n2)c(=O)[nH]c1=O. The van der Waals surface area contributed by atoms with Crippen molar-refractivity contribution >= 4 is 28.0 Å². The molecule has 8 heteroatoms. The first-order chi connectivity index (χ1) is 11.9. The van der Waals surface area contributed by atoms with Crippen molar-refractivity contribution < 1.29 is 0 Å². The smallest absolute Gasteiger partial charge is 0.329 e. The zero-order chi connectivity index (χ0) is 18.1. The van der Waals surface area contributed by atoms with E-state index < -0.39 is 11.2 Å². The number of benzene rings is 1. The Labute approximate surface area is 148 Å². The van der Waals surface area contributed by atoms with E-state index in [0.717, 1.165) is 16.8 Å². The number of anilines is 3. The Morgan fingerprint density at radius 2 is 1.92 bits per heavy atom. The van der Waals surface area contributed by atoms with E-state index in [0.29, 0.717) is 17.4 Å². The van der Waals surface area contributed by atoms with Crippen molar-refractivity contribution in [2.45, 2.75) is 27.3 Å². The van der Waals surface area contributed by atoms with Crippen molar-refractivity contribution in [1.82, 2.24) is 14.5 Å². The molecule has 0 saturated heterocycles. The Kier molecular flexibility index (Phi) is 4.45. The summed E-state index contributed by atoms with van der Waals surface area (Å²) in [5.41, 5.74) is 8.85. The second kappa shape index (κ2) is 6.56. The molecular formula is C17H19N5O2S. The van der Waals surface area contributed by atoms with Crippen LogP contribution in [0.25, 0.3) is 11.3 Å². The Bertz CT molecular complexity index is 1030. The van der Waals surface area contributed by atoms with Gasteiger partial charge in [-0.1, -0.05) is 6.07 Å². The molecule has 7 nitrogen and oxygen atoms in total. The molecule has 0 atom stereocenters. The summed E-state index contributed by atoms with van der Waals surface area (Å²) >= 11 is 1.37. The molecule has 130 valence electrons. The number of nitrogens with zero attached hydrogens (tertiary/aromatic N) is 2. The third kappa shape index (κ3) is 3.34. The molecule has 0 amide bonds. The van der Waals surface area contributed by atoms with Crippen molar-refractivity contribution in [3.8, 4) is 11.3 Å². The summed E-state index contributed by atoms with van der Waals surface area (Å²) in [5, 5.41) is 5.63. The Balaban J connectivity index is 2.00. The van der Waals surface area contributed by atoms with Gasteiger partial charge in [0.25, 0.3) is 5.56 Å². The number of hydrogen-bond acceptors (Lipinski definition) is 6. The number of hydrogen-bond donors (Lipinski definition) is 3. The molecule has 3 rings (SSSR count). The van der Waals surface area contributed by atoms with E-state index in [-0.39, 0.29) is 11.4 Å². The van der Waals surface area contributed by atoms with Gasteiger partial charge in [0.05, 0.1) is 5.69 Å². The van der Waals surface area contributed by atoms with Crippen LogP contribution < -0.4 is 22.3 Å². The lowest BCUT2D eigenvalue weighted by Gasteiger charge is -2.09. The van der Waals surface area contributed by atoms with Crippen LogP contribution in [0.2, 0.25) is 0 Å². The zero-order valence-corrected chi connectivity index (χ0v) is 15.0. The lowest BCUT2D eigenvalue weighted by atomic mass is 10.1. The molecule has 2 aromatic heterocycles. The summed E-state index contributed by atoms with van der Waals surface area (Å²) in [4.78, 5) is 30.7. The fourth-order valence-corrected chi connectivity index (χ4v) is 3.49. The molecule has 0 unspecified atom stereocenters. The maximum atomic E-state index is 12.2. The molecule has 0 radical (unpaired) electrons. The van der Waals surface area contributed by atoms with Crippen molar-refractivity contribution in [3.05, 3.63) is 55.5 Å². The lowest BCUT2D eigenvalue weighted by molar-refractivity contribution is 0.706. The van der Waals surface area contributed by atoms with Crippen molar-refractivity contribution in [2.24, 2.45) is 0 Å². The number of nitrogens with two attached hydrogens (primary N) is 1. The molecule has 2 heterocycles. The number of nitrogens with one attached hydrogen (secondary N) is 2. The molecule has 0 spiro atoms. The van der Waals surface area contributed by atoms with Gasteiger partial charge < -0.3 is 11.1 Å². The number of aromatic nitrogens is 3. The lowest BCUT2D eigenvalue weighted by Crippen LogP contribution is -2.32. The summed E-state index contributed by atoms with van der Waals surface area (Å²) < 4.78 is 1.31. The minimum Gasteiger partial charge on any atom is -0.384 e. The molecule has 3 aromatic rings. The zero-order valence-electron chi connectivity index (χ0n) is 14.2. The molecule has 0 aliphatic heterocycles. The minimum absolute atomic E-state index is 0.125. The summed E-state index contributed by atoms with van der Waals surface area (Å²) in [7, 11) is 0. The summed E-state index contributed by atoms with van der Waals surface area (Å²) in [6.45, 7) is 6.21. The van der Waals surface area contributed by atoms with E-state index in [2.05, 4.69) is 21.4 Å². The largest absolute Gasteiger partial charge is 0.384 e. The standard InChI is InChI=1S/C17H19N5O2S/c1-4-22-14(18)13(15(23)21-17(22)24)12-8-25-16(20-12)19-11-6-9(2)5-10(3)7-11/h5-8H,4,18H2,1-3H3,(H,19,20)(H,21,23,24). The van der Waals surface area contributed by atoms with Gasteiger partial charge in [-0.05, 0) is 44.0 Å². The van der Waals surface area contributed by atoms with Crippen LogP contribution in [0.15, 0.2) is 33.2 Å². The number of rotatable bonds is 4. The predicted octanol–water partition coefficient (Wildman–Crippen LogP) is 2.62. The molecule has 25 heavy (non-hydrogen) atoms. The van der Waals surface area contributed by atoms with Crippen LogP contribution in [-0.4, -0.2) is 14.5 Å². The molecule has 0 saturated carbocycles. The Hall–Kier alpha value is -2.87. The highest BCUT2D eigenvalue weighted by molar-refractivity contribution is 7.14. The highest BCUT2D eigenvalue weighted by Crippen LogP contribution is 2.28. The van der Waals surface area contributed by atoms with Crippen LogP contribution in [0.3, 0.4) is 0 Å². The first-order valence-corrected chi connectivity index (χ1v) is 8.70. The van der Waals surface area contributed by atoms with Gasteiger partial charge in [-0.2, -0.15) is 0 Å². The number of nitrogen functional groups attached to an aromatic ring is 1. The molecule has 0 aliphatic rings. The minimum atomic E-state index is -0.532. The Morgan fingerprint density at radius 3 is 2.56 bits per heavy atom. The normalized spacial score (nSPS) is 10.8. The van der Waals surface area contributed by atoms with Gasteiger partial charge in [-0.3, -0.25) is 14.3 Å². The van der Waals surface area contributed by atoms with Crippen LogP contribution in [0.1, 0.15) is 18.1 Å². The molecule has 0 bridgehead atoms. The number of H-pyrrole nitrogens is 1. The topological polar surface area (TPSA) is 106 Å². The molecule has 0 fully saturated rings. The van der Waals surface area contributed by atoms with Gasteiger partial charge in [-0.15, -0.1) is 11.3 Å². The molecule has 0 aliphatic carbocycles. The fraction of sp³-hybridized carbons (Fsp3) is 0.235. The Morgan fingerprint density at radius 1 is 1.24 bits per heavy atom. The third-order valence-electron chi connectivity index (χ3n) is 3.79. The van der Waals surface area contributed by atoms with E-state index in [4.69, 9.17) is 5.73 Å². The van der Waals surface area contributed by atoms with Gasteiger partial charge in [0.2, 0.25) is 0 Å². The second-order valence-electron chi connectivity index (χ2n) is 5.80. The van der Waals surface area contributed by atoms with Gasteiger partial charge >= 0.3 is 5.69 Å². The van der Waals surface area contributed by atoms with E-state index in [9.17, 15) is 9.59 Å². The first kappa shape index (κ1) is 17.0. The third-order valence-corrected chi connectivity index (χ3v) is 4.55. The summed E-state index contributed by atoms with van der Waals surface area (Å²) in [6.07, 6.45) is 0. The first-order valence-electron chi connectivity index (χ1n) is 7.83. The quantitative estimate of drug-likeness (QED) is 0.665. The maximum absolute atomic E-state index is 12.2.